The van der Waals surface area contributed by atoms with Crippen LogP contribution < -0.4 is 0 Å². The van der Waals surface area contributed by atoms with Crippen molar-refractivity contribution in [2.75, 3.05) is 0 Å². The molecule has 0 aliphatic carbocycles. The fourth-order valence-electron chi connectivity index (χ4n) is 0.627. The second kappa shape index (κ2) is 2.06. The Morgan fingerprint density at radius 2 is 2.20 bits per heavy atom. The van der Waals surface area contributed by atoms with Gasteiger partial charge in [0.05, 0.1) is 12.4 Å². The molecule has 0 spiro atoms. The van der Waals surface area contributed by atoms with Crippen LogP contribution in [0, 0.1) is 0 Å². The van der Waals surface area contributed by atoms with Crippen molar-refractivity contribution >= 4 is 10.9 Å². The van der Waals surface area contributed by atoms with E-state index in [-0.39, 0.29) is 29.2 Å². The van der Waals surface area contributed by atoms with E-state index in [2.05, 4.69) is 9.97 Å². The minimum atomic E-state index is -0.428. The SMILES string of the molecule is [2H]c1nc([2H])c2c([2H])c([2H])c([2H])c([2H])c2n1. The van der Waals surface area contributed by atoms with Gasteiger partial charge in [0.15, 0.2) is 0 Å². The Balaban J connectivity index is 3.08. The Morgan fingerprint density at radius 1 is 1.30 bits per heavy atom. The number of nitrogens with zero attached hydrogens (tertiary/aromatic N) is 2. The van der Waals surface area contributed by atoms with E-state index in [1.807, 2.05) is 0 Å². The van der Waals surface area contributed by atoms with Crippen LogP contribution in [0.25, 0.3) is 10.9 Å². The van der Waals surface area contributed by atoms with Gasteiger partial charge in [-0.1, -0.05) is 18.1 Å². The van der Waals surface area contributed by atoms with Crippen molar-refractivity contribution in [1.29, 1.82) is 0 Å². The standard InChI is InChI=1S/C8H6N2/c1-2-4-8-7(3-1)5-9-6-10-8/h1-6H/i1D,2D,3D,4D,5D,6D. The predicted molar refractivity (Wildman–Crippen MR) is 39.5 cm³/mol. The molecule has 0 fully saturated rings. The minimum Gasteiger partial charge on any atom is -0.244 e. The molecule has 48 valence electrons. The van der Waals surface area contributed by atoms with Gasteiger partial charge in [0, 0.05) is 11.6 Å². The summed E-state index contributed by atoms with van der Waals surface area (Å²) in [5, 5.41) is -0.0537. The van der Waals surface area contributed by atoms with Gasteiger partial charge in [-0.15, -0.1) is 0 Å². The van der Waals surface area contributed by atoms with Gasteiger partial charge >= 0.3 is 0 Å². The molecule has 0 atom stereocenters. The van der Waals surface area contributed by atoms with E-state index in [9.17, 15) is 0 Å². The van der Waals surface area contributed by atoms with E-state index in [0.29, 0.717) is 0 Å². The quantitative estimate of drug-likeness (QED) is 0.550. The molecule has 0 radical (unpaired) electrons. The maximum Gasteiger partial charge on any atom is 0.116 e. The third-order valence-corrected chi connectivity index (χ3v) is 1.05. The smallest absolute Gasteiger partial charge is 0.116 e. The molecule has 0 N–H and O–H groups in total. The highest BCUT2D eigenvalue weighted by Gasteiger charge is 1.87. The van der Waals surface area contributed by atoms with Gasteiger partial charge < -0.3 is 0 Å². The van der Waals surface area contributed by atoms with E-state index >= 15 is 0 Å². The maximum atomic E-state index is 7.58. The van der Waals surface area contributed by atoms with Crippen molar-refractivity contribution in [1.82, 2.24) is 9.97 Å². The van der Waals surface area contributed by atoms with Gasteiger partial charge in [-0.3, -0.25) is 0 Å². The van der Waals surface area contributed by atoms with Crippen LogP contribution in [0.3, 0.4) is 0 Å². The number of benzene rings is 1. The van der Waals surface area contributed by atoms with E-state index in [4.69, 9.17) is 8.22 Å². The summed E-state index contributed by atoms with van der Waals surface area (Å²) in [7, 11) is 0. The van der Waals surface area contributed by atoms with Crippen molar-refractivity contribution in [3.05, 3.63) is 36.6 Å². The fraction of sp³-hybridized carbons (Fsp3) is 0. The second-order valence-electron chi connectivity index (χ2n) is 1.66. The van der Waals surface area contributed by atoms with E-state index in [1.165, 1.54) is 0 Å². The van der Waals surface area contributed by atoms with Crippen LogP contribution in [0.15, 0.2) is 36.6 Å². The summed E-state index contributed by atoms with van der Waals surface area (Å²) >= 11 is 0. The zero-order valence-corrected chi connectivity index (χ0v) is 4.89. The summed E-state index contributed by atoms with van der Waals surface area (Å²) in [5.41, 5.74) is -0.0870. The van der Waals surface area contributed by atoms with E-state index < -0.39 is 18.4 Å². The molecule has 0 aliphatic rings. The van der Waals surface area contributed by atoms with Crippen LogP contribution in [0.5, 0.6) is 0 Å². The number of hydrogen-bond donors (Lipinski definition) is 0. The third kappa shape index (κ3) is 0.739. The van der Waals surface area contributed by atoms with Gasteiger partial charge in [0.1, 0.15) is 7.67 Å². The highest BCUT2D eigenvalue weighted by molar-refractivity contribution is 5.76. The molecule has 2 nitrogen and oxygen atoms in total. The predicted octanol–water partition coefficient (Wildman–Crippen LogP) is 1.63. The zero-order valence-electron chi connectivity index (χ0n) is 10.9. The van der Waals surface area contributed by atoms with Crippen molar-refractivity contribution < 1.29 is 8.22 Å². The molecule has 2 rings (SSSR count). The molecular weight excluding hydrogens is 124 g/mol. The Morgan fingerprint density at radius 3 is 3.20 bits per heavy atom. The largest absolute Gasteiger partial charge is 0.244 e. The topological polar surface area (TPSA) is 25.8 Å². The summed E-state index contributed by atoms with van der Waals surface area (Å²) in [4.78, 5) is 7.07. The fourth-order valence-corrected chi connectivity index (χ4v) is 0.627. The van der Waals surface area contributed by atoms with Gasteiger partial charge in [-0.05, 0) is 6.04 Å². The first-order chi connectivity index (χ1) is 7.43. The Labute approximate surface area is 67.0 Å². The molecule has 1 aromatic carbocycles. The molecule has 0 bridgehead atoms. The molecule has 2 heteroatoms. The lowest BCUT2D eigenvalue weighted by Gasteiger charge is -1.90. The maximum absolute atomic E-state index is 7.58. The third-order valence-electron chi connectivity index (χ3n) is 1.05. The molecule has 1 heterocycles. The first-order valence-electron chi connectivity index (χ1n) is 5.64. The summed E-state index contributed by atoms with van der Waals surface area (Å²) in [6.07, 6.45) is -0.787. The Bertz CT molecular complexity index is 597. The monoisotopic (exact) mass is 136 g/mol. The molecular formula is C8H6N2. The molecule has 0 unspecified atom stereocenters. The Kier molecular flexibility index (Phi) is 0.417. The average Bonchev–Trinajstić information content (AvgIpc) is 2.22. The van der Waals surface area contributed by atoms with Gasteiger partial charge in [-0.25, -0.2) is 9.97 Å². The molecule has 0 saturated carbocycles. The highest BCUT2D eigenvalue weighted by Crippen LogP contribution is 2.06. The van der Waals surface area contributed by atoms with Crippen LogP contribution in [-0.4, -0.2) is 9.97 Å². The zero-order chi connectivity index (χ0) is 12.0. The lowest BCUT2D eigenvalue weighted by atomic mass is 10.2. The molecule has 10 heavy (non-hydrogen) atoms. The minimum absolute atomic E-state index is 0.0537. The number of fused-ring (bicyclic) bond motifs is 1. The lowest BCUT2D eigenvalue weighted by Crippen LogP contribution is -1.77. The van der Waals surface area contributed by atoms with Crippen molar-refractivity contribution in [3.63, 3.8) is 0 Å². The van der Waals surface area contributed by atoms with E-state index in [1.54, 1.807) is 0 Å². The molecule has 0 amide bonds. The number of hydrogen-bond acceptors (Lipinski definition) is 2. The number of para-hydroxylation sites is 1. The normalized spacial score (nSPS) is 18.4. The van der Waals surface area contributed by atoms with E-state index in [0.717, 1.165) is 0 Å². The highest BCUT2D eigenvalue weighted by atomic mass is 14.8. The lowest BCUT2D eigenvalue weighted by molar-refractivity contribution is 1.22. The average molecular weight is 136 g/mol. The van der Waals surface area contributed by atoms with Crippen molar-refractivity contribution in [3.8, 4) is 0 Å². The summed E-state index contributed by atoms with van der Waals surface area (Å²) in [6, 6.07) is -1.54. The molecule has 1 aromatic heterocycles. The van der Waals surface area contributed by atoms with Crippen LogP contribution in [0.4, 0.5) is 0 Å². The first-order valence-corrected chi connectivity index (χ1v) is 2.64. The van der Waals surface area contributed by atoms with Gasteiger partial charge in [-0.2, -0.15) is 0 Å². The van der Waals surface area contributed by atoms with Crippen molar-refractivity contribution in [2.45, 2.75) is 0 Å². The summed E-state index contributed by atoms with van der Waals surface area (Å²) < 4.78 is 44.7. The Hall–Kier alpha value is -1.44. The van der Waals surface area contributed by atoms with Crippen LogP contribution in [-0.2, 0) is 0 Å². The molecule has 2 aromatic rings. The van der Waals surface area contributed by atoms with Crippen LogP contribution in [0.2, 0.25) is 0 Å². The van der Waals surface area contributed by atoms with Crippen molar-refractivity contribution in [2.24, 2.45) is 0 Å². The summed E-state index contributed by atoms with van der Waals surface area (Å²) in [6.45, 7) is 0. The van der Waals surface area contributed by atoms with Crippen LogP contribution >= 0.6 is 0 Å². The molecule has 0 saturated heterocycles. The van der Waals surface area contributed by atoms with Gasteiger partial charge in [0.2, 0.25) is 0 Å². The summed E-state index contributed by atoms with van der Waals surface area (Å²) in [5.74, 6) is 0. The first kappa shape index (κ1) is 2.02. The van der Waals surface area contributed by atoms with Gasteiger partial charge in [0.25, 0.3) is 0 Å². The number of rotatable bonds is 0. The number of aromatic nitrogens is 2. The second-order valence-corrected chi connectivity index (χ2v) is 1.66. The molecule has 0 aliphatic heterocycles. The van der Waals surface area contributed by atoms with Crippen LogP contribution in [0.1, 0.15) is 8.22 Å².